The van der Waals surface area contributed by atoms with E-state index in [9.17, 15) is 31.2 Å². The molecule has 1 aliphatic carbocycles. The number of hydrogen-bond acceptors (Lipinski definition) is 4. The van der Waals surface area contributed by atoms with Gasteiger partial charge in [-0.25, -0.2) is 17.1 Å². The number of primary amides is 1. The van der Waals surface area contributed by atoms with Gasteiger partial charge in [0.1, 0.15) is 11.4 Å². The number of halogens is 4. The van der Waals surface area contributed by atoms with Crippen molar-refractivity contribution in [2.75, 3.05) is 20.6 Å². The number of sulfonamides is 1. The summed E-state index contributed by atoms with van der Waals surface area (Å²) in [5.41, 5.74) is 2.95. The van der Waals surface area contributed by atoms with Crippen LogP contribution in [0.4, 0.5) is 17.6 Å². The number of alkyl halides is 3. The van der Waals surface area contributed by atoms with Crippen molar-refractivity contribution in [1.29, 1.82) is 0 Å². The molecule has 0 unspecified atom stereocenters. The van der Waals surface area contributed by atoms with Crippen molar-refractivity contribution in [1.82, 2.24) is 9.21 Å². The van der Waals surface area contributed by atoms with E-state index in [-0.39, 0.29) is 34.9 Å². The van der Waals surface area contributed by atoms with Crippen LogP contribution >= 0.6 is 0 Å². The Kier molecular flexibility index (Phi) is 6.87. The largest absolute Gasteiger partial charge is 0.416 e. The van der Waals surface area contributed by atoms with E-state index >= 15 is 4.39 Å². The molecule has 12 heteroatoms. The highest BCUT2D eigenvalue weighted by atomic mass is 32.2. The van der Waals surface area contributed by atoms with Crippen LogP contribution in [-0.4, -0.2) is 55.6 Å². The third-order valence-corrected chi connectivity index (χ3v) is 9.03. The third kappa shape index (κ3) is 4.72. The Labute approximate surface area is 212 Å². The molecule has 37 heavy (non-hydrogen) atoms. The molecule has 2 fully saturated rings. The molecule has 2 N–H and O–H groups in total. The Hall–Kier alpha value is -2.99. The molecule has 0 radical (unpaired) electrons. The van der Waals surface area contributed by atoms with Gasteiger partial charge >= 0.3 is 6.18 Å². The van der Waals surface area contributed by atoms with E-state index in [2.05, 4.69) is 0 Å². The van der Waals surface area contributed by atoms with Gasteiger partial charge in [-0.1, -0.05) is 12.1 Å². The van der Waals surface area contributed by atoms with E-state index in [4.69, 9.17) is 5.73 Å². The molecule has 0 spiro atoms. The van der Waals surface area contributed by atoms with Crippen LogP contribution in [-0.2, 0) is 21.0 Å². The second-order valence-corrected chi connectivity index (χ2v) is 11.9. The van der Waals surface area contributed by atoms with Gasteiger partial charge in [0.15, 0.2) is 0 Å². The van der Waals surface area contributed by atoms with Crippen molar-refractivity contribution in [3.05, 3.63) is 65.0 Å². The zero-order valence-electron chi connectivity index (χ0n) is 20.3. The predicted molar refractivity (Wildman–Crippen MR) is 126 cm³/mol. The Morgan fingerprint density at radius 1 is 1.14 bits per heavy atom. The van der Waals surface area contributed by atoms with Crippen LogP contribution in [0.2, 0.25) is 0 Å². The smallest absolute Gasteiger partial charge is 0.368 e. The predicted octanol–water partition coefficient (Wildman–Crippen LogP) is 3.75. The van der Waals surface area contributed by atoms with Gasteiger partial charge in [-0.2, -0.15) is 13.2 Å². The van der Waals surface area contributed by atoms with Gasteiger partial charge in [-0.05, 0) is 67.5 Å². The monoisotopic (exact) mass is 541 g/mol. The van der Waals surface area contributed by atoms with Crippen molar-refractivity contribution in [3.8, 4) is 0 Å². The maximum atomic E-state index is 15.2. The molecule has 1 saturated heterocycles. The first-order chi connectivity index (χ1) is 17.2. The quantitative estimate of drug-likeness (QED) is 0.540. The molecule has 7 nitrogen and oxygen atoms in total. The number of carbonyl (C=O) groups excluding carboxylic acids is 2. The molecule has 2 amide bonds. The van der Waals surface area contributed by atoms with Crippen LogP contribution < -0.4 is 5.73 Å². The fraction of sp³-hybridized carbons (Fsp3) is 0.440. The van der Waals surface area contributed by atoms with Gasteiger partial charge in [0.2, 0.25) is 15.9 Å². The fourth-order valence-electron chi connectivity index (χ4n) is 5.30. The van der Waals surface area contributed by atoms with E-state index in [1.165, 1.54) is 43.3 Å². The number of rotatable bonds is 7. The maximum absolute atomic E-state index is 15.2. The molecule has 2 aromatic carbocycles. The second kappa shape index (κ2) is 9.39. The number of hydrogen-bond donors (Lipinski definition) is 1. The average Bonchev–Trinajstić information content (AvgIpc) is 3.56. The molecule has 1 saturated carbocycles. The molecule has 4 rings (SSSR count). The van der Waals surface area contributed by atoms with Gasteiger partial charge in [0.25, 0.3) is 5.91 Å². The summed E-state index contributed by atoms with van der Waals surface area (Å²) in [5, 5.41) is 0. The highest BCUT2D eigenvalue weighted by Gasteiger charge is 2.59. The van der Waals surface area contributed by atoms with Crippen LogP contribution in [0.5, 0.6) is 0 Å². The zero-order valence-corrected chi connectivity index (χ0v) is 21.1. The Morgan fingerprint density at radius 2 is 1.81 bits per heavy atom. The molecular formula is C25H27F4N3O4S. The number of carbonyl (C=O) groups is 2. The lowest BCUT2D eigenvalue weighted by Gasteiger charge is -2.43. The second-order valence-electron chi connectivity index (χ2n) is 9.71. The topological polar surface area (TPSA) is 101 Å². The summed E-state index contributed by atoms with van der Waals surface area (Å²) in [4.78, 5) is 27.9. The Balaban J connectivity index is 1.80. The van der Waals surface area contributed by atoms with Gasteiger partial charge in [0, 0.05) is 32.1 Å². The van der Waals surface area contributed by atoms with E-state index < -0.39 is 50.9 Å². The normalized spacial score (nSPS) is 21.3. The number of nitrogens with zero attached hydrogens (tertiary/aromatic N) is 2. The lowest BCUT2D eigenvalue weighted by molar-refractivity contribution is -0.138. The number of benzene rings is 2. The van der Waals surface area contributed by atoms with Gasteiger partial charge < -0.3 is 10.6 Å². The van der Waals surface area contributed by atoms with Crippen LogP contribution in [0.1, 0.15) is 53.1 Å². The summed E-state index contributed by atoms with van der Waals surface area (Å²) in [6, 6.07) is 7.53. The molecule has 1 heterocycles. The molecule has 0 aromatic heterocycles. The van der Waals surface area contributed by atoms with E-state index in [0.29, 0.717) is 25.3 Å². The summed E-state index contributed by atoms with van der Waals surface area (Å²) in [6.45, 7) is 0.0951. The lowest BCUT2D eigenvalue weighted by Crippen LogP contribution is -2.60. The lowest BCUT2D eigenvalue weighted by atomic mass is 9.73. The summed E-state index contributed by atoms with van der Waals surface area (Å²) in [5.74, 6) is -3.87. The number of likely N-dealkylation sites (tertiary alicyclic amines) is 1. The third-order valence-electron chi connectivity index (χ3n) is 7.22. The first kappa shape index (κ1) is 27.1. The summed E-state index contributed by atoms with van der Waals surface area (Å²) in [6.07, 6.45) is -3.10. The standard InChI is InChI=1S/C25H27F4N3O4S/c1-31(2)37(35,36)18-6-3-5-16(13-18)22(33)32-12-4-11-24(32,23(30)34)21(15-7-8-15)19-10-9-17(14-20(19)26)25(27,28)29/h3,5-6,9-10,13-15,21H,4,7-8,11-12H2,1-2H3,(H2,30,34)/t21-,24+/m1/s1. The van der Waals surface area contributed by atoms with Gasteiger partial charge in [0.05, 0.1) is 10.5 Å². The molecule has 2 aliphatic rings. The molecule has 1 aliphatic heterocycles. The minimum absolute atomic E-state index is 0.00196. The minimum atomic E-state index is -4.75. The van der Waals surface area contributed by atoms with E-state index in [0.717, 1.165) is 16.4 Å². The molecule has 200 valence electrons. The molecule has 2 aromatic rings. The summed E-state index contributed by atoms with van der Waals surface area (Å²) in [7, 11) is -1.16. The first-order valence-corrected chi connectivity index (χ1v) is 13.2. The SMILES string of the molecule is CN(C)S(=O)(=O)c1cccc(C(=O)N2CCC[C@@]2(C(N)=O)[C@@H](c2ccc(C(F)(F)F)cc2F)C2CC2)c1. The highest BCUT2D eigenvalue weighted by Crippen LogP contribution is 2.54. The van der Waals surface area contributed by atoms with Crippen LogP contribution in [0.25, 0.3) is 0 Å². The Morgan fingerprint density at radius 3 is 2.35 bits per heavy atom. The molecule has 0 bridgehead atoms. The van der Waals surface area contributed by atoms with Crippen molar-refractivity contribution >= 4 is 21.8 Å². The van der Waals surface area contributed by atoms with Crippen LogP contribution in [0, 0.1) is 11.7 Å². The van der Waals surface area contributed by atoms with Crippen molar-refractivity contribution in [2.24, 2.45) is 11.7 Å². The van der Waals surface area contributed by atoms with Crippen molar-refractivity contribution < 1.29 is 35.6 Å². The summed E-state index contributed by atoms with van der Waals surface area (Å²) >= 11 is 0. The number of nitrogens with two attached hydrogens (primary N) is 1. The average molecular weight is 542 g/mol. The summed E-state index contributed by atoms with van der Waals surface area (Å²) < 4.78 is 80.9. The van der Waals surface area contributed by atoms with Crippen LogP contribution in [0.15, 0.2) is 47.4 Å². The van der Waals surface area contributed by atoms with Gasteiger partial charge in [-0.15, -0.1) is 0 Å². The minimum Gasteiger partial charge on any atom is -0.368 e. The molecule has 2 atom stereocenters. The van der Waals surface area contributed by atoms with Crippen molar-refractivity contribution in [3.63, 3.8) is 0 Å². The van der Waals surface area contributed by atoms with Crippen LogP contribution in [0.3, 0.4) is 0 Å². The maximum Gasteiger partial charge on any atom is 0.416 e. The zero-order chi connectivity index (χ0) is 27.3. The Bertz CT molecular complexity index is 1340. The van der Waals surface area contributed by atoms with Gasteiger partial charge in [-0.3, -0.25) is 9.59 Å². The molecular weight excluding hydrogens is 514 g/mol. The van der Waals surface area contributed by atoms with Crippen molar-refractivity contribution in [2.45, 2.75) is 48.2 Å². The fourth-order valence-corrected chi connectivity index (χ4v) is 6.25. The van der Waals surface area contributed by atoms with E-state index in [1.807, 2.05) is 0 Å². The van der Waals surface area contributed by atoms with E-state index in [1.54, 1.807) is 0 Å². The first-order valence-electron chi connectivity index (χ1n) is 11.7. The highest BCUT2D eigenvalue weighted by molar-refractivity contribution is 7.89. The number of amides is 2.